The Kier molecular flexibility index (Phi) is 5.92. The average Bonchev–Trinajstić information content (AvgIpc) is 2.31. The Morgan fingerprint density at radius 2 is 1.71 bits per heavy atom. The van der Waals surface area contributed by atoms with Crippen molar-refractivity contribution in [2.24, 2.45) is 0 Å². The minimum absolute atomic E-state index is 0.0799. The molecular weight excluding hydrogens is 238 g/mol. The van der Waals surface area contributed by atoms with Crippen LogP contribution < -0.4 is 5.32 Å². The molecule has 4 heteroatoms. The van der Waals surface area contributed by atoms with Crippen molar-refractivity contribution in [2.75, 3.05) is 14.2 Å². The van der Waals surface area contributed by atoms with Crippen molar-refractivity contribution in [3.05, 3.63) is 34.9 Å². The van der Waals surface area contributed by atoms with Crippen molar-refractivity contribution < 1.29 is 9.47 Å². The first kappa shape index (κ1) is 14.5. The Hall–Kier alpha value is -0.610. The zero-order valence-electron chi connectivity index (χ0n) is 10.7. The second-order valence-corrected chi connectivity index (χ2v) is 4.45. The van der Waals surface area contributed by atoms with Crippen LogP contribution in [0.2, 0.25) is 5.02 Å². The minimum atomic E-state index is -0.264. The largest absolute Gasteiger partial charge is 0.354 e. The number of halogens is 1. The van der Waals surface area contributed by atoms with Gasteiger partial charge in [-0.15, -0.1) is 0 Å². The van der Waals surface area contributed by atoms with E-state index in [0.29, 0.717) is 0 Å². The standard InChI is InChI=1S/C13H20ClNO2/c1-9(11-7-5-6-8-12(11)14)15-10(2)13(16-3)17-4/h5-10,13,15H,1-4H3. The summed E-state index contributed by atoms with van der Waals surface area (Å²) in [6, 6.07) is 8.04. The van der Waals surface area contributed by atoms with Crippen molar-refractivity contribution in [3.63, 3.8) is 0 Å². The van der Waals surface area contributed by atoms with Gasteiger partial charge in [0.1, 0.15) is 0 Å². The molecule has 0 aliphatic carbocycles. The van der Waals surface area contributed by atoms with Crippen LogP contribution in [0.1, 0.15) is 25.5 Å². The molecule has 3 nitrogen and oxygen atoms in total. The van der Waals surface area contributed by atoms with Gasteiger partial charge in [0, 0.05) is 25.3 Å². The second kappa shape index (κ2) is 6.97. The number of hydrogen-bond acceptors (Lipinski definition) is 3. The summed E-state index contributed by atoms with van der Waals surface area (Å²) in [5.41, 5.74) is 1.08. The van der Waals surface area contributed by atoms with E-state index in [2.05, 4.69) is 12.2 Å². The lowest BCUT2D eigenvalue weighted by Gasteiger charge is -2.26. The summed E-state index contributed by atoms with van der Waals surface area (Å²) in [6.07, 6.45) is -0.264. The van der Waals surface area contributed by atoms with E-state index in [1.807, 2.05) is 31.2 Å². The number of ether oxygens (including phenoxy) is 2. The molecule has 0 aromatic heterocycles. The smallest absolute Gasteiger partial charge is 0.171 e. The summed E-state index contributed by atoms with van der Waals surface area (Å²) in [4.78, 5) is 0. The van der Waals surface area contributed by atoms with Crippen molar-refractivity contribution in [1.82, 2.24) is 5.32 Å². The van der Waals surface area contributed by atoms with Crippen molar-refractivity contribution >= 4 is 11.6 Å². The number of methoxy groups -OCH3 is 2. The average molecular weight is 258 g/mol. The summed E-state index contributed by atoms with van der Waals surface area (Å²) in [6.45, 7) is 4.09. The van der Waals surface area contributed by atoms with Gasteiger partial charge >= 0.3 is 0 Å². The molecule has 0 aliphatic heterocycles. The molecule has 1 aromatic rings. The fraction of sp³-hybridized carbons (Fsp3) is 0.538. The number of rotatable bonds is 6. The fourth-order valence-electron chi connectivity index (χ4n) is 1.89. The highest BCUT2D eigenvalue weighted by atomic mass is 35.5. The molecule has 0 bridgehead atoms. The van der Waals surface area contributed by atoms with Crippen LogP contribution in [0.3, 0.4) is 0 Å². The van der Waals surface area contributed by atoms with Crippen LogP contribution in [0.5, 0.6) is 0 Å². The third kappa shape index (κ3) is 3.96. The Balaban J connectivity index is 2.66. The first-order valence-corrected chi connectivity index (χ1v) is 6.04. The number of hydrogen-bond donors (Lipinski definition) is 1. The van der Waals surface area contributed by atoms with Gasteiger partial charge in [0.25, 0.3) is 0 Å². The van der Waals surface area contributed by atoms with E-state index >= 15 is 0 Å². The molecule has 17 heavy (non-hydrogen) atoms. The zero-order valence-corrected chi connectivity index (χ0v) is 11.5. The minimum Gasteiger partial charge on any atom is -0.354 e. The lowest BCUT2D eigenvalue weighted by atomic mass is 10.1. The molecular formula is C13H20ClNO2. The van der Waals surface area contributed by atoms with E-state index in [1.54, 1.807) is 14.2 Å². The monoisotopic (exact) mass is 257 g/mol. The maximum Gasteiger partial charge on any atom is 0.171 e. The van der Waals surface area contributed by atoms with Gasteiger partial charge < -0.3 is 14.8 Å². The fourth-order valence-corrected chi connectivity index (χ4v) is 2.19. The molecule has 1 N–H and O–H groups in total. The molecule has 2 atom stereocenters. The maximum atomic E-state index is 6.15. The highest BCUT2D eigenvalue weighted by molar-refractivity contribution is 6.31. The lowest BCUT2D eigenvalue weighted by Crippen LogP contribution is -2.40. The molecule has 0 amide bonds. The van der Waals surface area contributed by atoms with Gasteiger partial charge in [-0.2, -0.15) is 0 Å². The van der Waals surface area contributed by atoms with Crippen LogP contribution in [-0.2, 0) is 9.47 Å². The van der Waals surface area contributed by atoms with Crippen LogP contribution in [0.25, 0.3) is 0 Å². The summed E-state index contributed by atoms with van der Waals surface area (Å²) in [5.74, 6) is 0. The normalized spacial score (nSPS) is 14.9. The Labute approximate surface area is 108 Å². The molecule has 0 radical (unpaired) electrons. The highest BCUT2D eigenvalue weighted by Gasteiger charge is 2.19. The van der Waals surface area contributed by atoms with Gasteiger partial charge in [-0.1, -0.05) is 29.8 Å². The summed E-state index contributed by atoms with van der Waals surface area (Å²) in [7, 11) is 3.26. The lowest BCUT2D eigenvalue weighted by molar-refractivity contribution is -0.120. The Morgan fingerprint density at radius 1 is 1.12 bits per heavy atom. The quantitative estimate of drug-likeness (QED) is 0.795. The third-order valence-corrected chi connectivity index (χ3v) is 3.10. The summed E-state index contributed by atoms with van der Waals surface area (Å²) >= 11 is 6.15. The van der Waals surface area contributed by atoms with Gasteiger partial charge in [-0.05, 0) is 25.5 Å². The van der Waals surface area contributed by atoms with Gasteiger partial charge in [0.15, 0.2) is 6.29 Å². The van der Waals surface area contributed by atoms with Crippen LogP contribution in [-0.4, -0.2) is 26.6 Å². The zero-order chi connectivity index (χ0) is 12.8. The predicted molar refractivity (Wildman–Crippen MR) is 70.3 cm³/mol. The third-order valence-electron chi connectivity index (χ3n) is 2.76. The summed E-state index contributed by atoms with van der Waals surface area (Å²) in [5, 5.41) is 4.17. The van der Waals surface area contributed by atoms with Crippen LogP contribution >= 0.6 is 11.6 Å². The van der Waals surface area contributed by atoms with Crippen molar-refractivity contribution in [1.29, 1.82) is 0 Å². The van der Waals surface area contributed by atoms with Gasteiger partial charge in [0.2, 0.25) is 0 Å². The molecule has 0 spiro atoms. The van der Waals surface area contributed by atoms with E-state index in [4.69, 9.17) is 21.1 Å². The maximum absolute atomic E-state index is 6.15. The molecule has 2 unspecified atom stereocenters. The first-order chi connectivity index (χ1) is 8.10. The predicted octanol–water partition coefficient (Wildman–Crippen LogP) is 3.00. The van der Waals surface area contributed by atoms with E-state index in [9.17, 15) is 0 Å². The molecule has 96 valence electrons. The van der Waals surface area contributed by atoms with E-state index < -0.39 is 0 Å². The topological polar surface area (TPSA) is 30.5 Å². The van der Waals surface area contributed by atoms with E-state index in [1.165, 1.54) is 0 Å². The van der Waals surface area contributed by atoms with Crippen molar-refractivity contribution in [3.8, 4) is 0 Å². The number of benzene rings is 1. The van der Waals surface area contributed by atoms with Crippen LogP contribution in [0, 0.1) is 0 Å². The molecule has 0 fully saturated rings. The molecule has 0 aliphatic rings. The van der Waals surface area contributed by atoms with Gasteiger partial charge in [0.05, 0.1) is 6.04 Å². The SMILES string of the molecule is COC(OC)C(C)NC(C)c1ccccc1Cl. The Morgan fingerprint density at radius 3 is 2.24 bits per heavy atom. The highest BCUT2D eigenvalue weighted by Crippen LogP contribution is 2.22. The molecule has 1 aromatic carbocycles. The second-order valence-electron chi connectivity index (χ2n) is 4.04. The molecule has 1 rings (SSSR count). The molecule has 0 saturated carbocycles. The summed E-state index contributed by atoms with van der Waals surface area (Å²) < 4.78 is 10.4. The van der Waals surface area contributed by atoms with E-state index in [0.717, 1.165) is 10.6 Å². The van der Waals surface area contributed by atoms with E-state index in [-0.39, 0.29) is 18.4 Å². The molecule has 0 saturated heterocycles. The van der Waals surface area contributed by atoms with Gasteiger partial charge in [-0.25, -0.2) is 0 Å². The molecule has 0 heterocycles. The number of nitrogens with one attached hydrogen (secondary N) is 1. The van der Waals surface area contributed by atoms with Crippen molar-refractivity contribution in [2.45, 2.75) is 32.2 Å². The van der Waals surface area contributed by atoms with Crippen LogP contribution in [0.15, 0.2) is 24.3 Å². The van der Waals surface area contributed by atoms with Crippen LogP contribution in [0.4, 0.5) is 0 Å². The first-order valence-electron chi connectivity index (χ1n) is 5.66. The van der Waals surface area contributed by atoms with Gasteiger partial charge in [-0.3, -0.25) is 0 Å². The Bertz CT molecular complexity index is 342.